The van der Waals surface area contributed by atoms with Gasteiger partial charge < -0.3 is 4.74 Å². The molecule has 1 saturated carbocycles. The van der Waals surface area contributed by atoms with E-state index in [0.29, 0.717) is 6.61 Å². The van der Waals surface area contributed by atoms with E-state index in [4.69, 9.17) is 9.57 Å². The largest absolute Gasteiger partial charge is 0.378 e. The predicted octanol–water partition coefficient (Wildman–Crippen LogP) is 1.40. The van der Waals surface area contributed by atoms with Crippen molar-refractivity contribution in [3.8, 4) is 0 Å². The summed E-state index contributed by atoms with van der Waals surface area (Å²) in [5.74, 6) is -0.0485. The van der Waals surface area contributed by atoms with Gasteiger partial charge >= 0.3 is 0 Å². The van der Waals surface area contributed by atoms with E-state index in [1.807, 2.05) is 6.92 Å². The van der Waals surface area contributed by atoms with Crippen LogP contribution in [-0.2, 0) is 14.4 Å². The summed E-state index contributed by atoms with van der Waals surface area (Å²) >= 11 is 0. The van der Waals surface area contributed by atoms with Gasteiger partial charge in [-0.2, -0.15) is 0 Å². The summed E-state index contributed by atoms with van der Waals surface area (Å²) in [6, 6.07) is 0. The Morgan fingerprint density at radius 2 is 2.13 bits per heavy atom. The molecule has 15 heavy (non-hydrogen) atoms. The molecule has 86 valence electrons. The fourth-order valence-electron chi connectivity index (χ4n) is 2.23. The van der Waals surface area contributed by atoms with E-state index >= 15 is 0 Å². The monoisotopic (exact) mass is 213 g/mol. The lowest BCUT2D eigenvalue weighted by atomic mass is 10.1. The Morgan fingerprint density at radius 1 is 1.40 bits per heavy atom. The first-order chi connectivity index (χ1) is 7.25. The molecule has 0 aromatic rings. The second-order valence-electron chi connectivity index (χ2n) is 4.57. The quantitative estimate of drug-likeness (QED) is 0.721. The molecule has 2 fully saturated rings. The Bertz CT molecular complexity index is 226. The number of hydroxylamine groups is 1. The molecule has 1 saturated heterocycles. The lowest BCUT2D eigenvalue weighted by Gasteiger charge is -2.13. The number of hydrogen-bond acceptors (Lipinski definition) is 3. The number of nitrogens with one attached hydrogen (secondary N) is 1. The number of hydrogen-bond donors (Lipinski definition) is 1. The van der Waals surface area contributed by atoms with Crippen LogP contribution in [0.15, 0.2) is 0 Å². The number of amides is 1. The molecule has 4 nitrogen and oxygen atoms in total. The summed E-state index contributed by atoms with van der Waals surface area (Å²) in [7, 11) is 0. The van der Waals surface area contributed by atoms with Crippen LogP contribution in [0.5, 0.6) is 0 Å². The van der Waals surface area contributed by atoms with Crippen LogP contribution in [0.2, 0.25) is 0 Å². The lowest BCUT2D eigenvalue weighted by molar-refractivity contribution is -0.142. The van der Waals surface area contributed by atoms with Gasteiger partial charge in [0.1, 0.15) is 0 Å². The van der Waals surface area contributed by atoms with Crippen molar-refractivity contribution in [3.05, 3.63) is 0 Å². The maximum atomic E-state index is 11.6. The second kappa shape index (κ2) is 4.94. The molecule has 0 bridgehead atoms. The van der Waals surface area contributed by atoms with Gasteiger partial charge in [-0.3, -0.25) is 9.63 Å². The molecule has 0 aromatic carbocycles. The zero-order chi connectivity index (χ0) is 10.7. The van der Waals surface area contributed by atoms with Crippen LogP contribution in [0.3, 0.4) is 0 Å². The lowest BCUT2D eigenvalue weighted by Crippen LogP contribution is -2.34. The fourth-order valence-corrected chi connectivity index (χ4v) is 2.23. The normalized spacial score (nSPS) is 32.1. The molecular weight excluding hydrogens is 194 g/mol. The van der Waals surface area contributed by atoms with Gasteiger partial charge in [0.2, 0.25) is 5.91 Å². The Morgan fingerprint density at radius 3 is 2.73 bits per heavy atom. The van der Waals surface area contributed by atoms with Crippen LogP contribution < -0.4 is 5.48 Å². The summed E-state index contributed by atoms with van der Waals surface area (Å²) in [5.41, 5.74) is 2.57. The van der Waals surface area contributed by atoms with Crippen LogP contribution in [-0.4, -0.2) is 24.7 Å². The van der Waals surface area contributed by atoms with Crippen molar-refractivity contribution >= 4 is 5.91 Å². The van der Waals surface area contributed by atoms with Crippen LogP contribution in [0.25, 0.3) is 0 Å². The second-order valence-corrected chi connectivity index (χ2v) is 4.57. The highest BCUT2D eigenvalue weighted by Gasteiger charge is 2.29. The van der Waals surface area contributed by atoms with Crippen LogP contribution >= 0.6 is 0 Å². The average Bonchev–Trinajstić information content (AvgIpc) is 2.84. The molecular formula is C11H19NO3. The van der Waals surface area contributed by atoms with E-state index in [1.54, 1.807) is 0 Å². The van der Waals surface area contributed by atoms with Gasteiger partial charge in [-0.1, -0.05) is 12.8 Å². The molecule has 1 amide bonds. The Kier molecular flexibility index (Phi) is 3.59. The molecule has 0 spiro atoms. The van der Waals surface area contributed by atoms with E-state index < -0.39 is 0 Å². The van der Waals surface area contributed by atoms with Gasteiger partial charge in [0.15, 0.2) is 0 Å². The van der Waals surface area contributed by atoms with E-state index in [1.165, 1.54) is 12.8 Å². The highest BCUT2D eigenvalue weighted by molar-refractivity contribution is 5.78. The van der Waals surface area contributed by atoms with Crippen LogP contribution in [0.4, 0.5) is 0 Å². The zero-order valence-electron chi connectivity index (χ0n) is 9.20. The highest BCUT2D eigenvalue weighted by atomic mass is 16.7. The van der Waals surface area contributed by atoms with E-state index in [-0.39, 0.29) is 24.0 Å². The highest BCUT2D eigenvalue weighted by Crippen LogP contribution is 2.21. The van der Waals surface area contributed by atoms with Gasteiger partial charge in [0.05, 0.1) is 24.7 Å². The Hall–Kier alpha value is -0.610. The summed E-state index contributed by atoms with van der Waals surface area (Å²) in [6.07, 6.45) is 5.80. The van der Waals surface area contributed by atoms with E-state index in [2.05, 4.69) is 5.48 Å². The topological polar surface area (TPSA) is 47.6 Å². The van der Waals surface area contributed by atoms with E-state index in [9.17, 15) is 4.79 Å². The third-order valence-corrected chi connectivity index (χ3v) is 3.20. The van der Waals surface area contributed by atoms with Crippen molar-refractivity contribution < 1.29 is 14.4 Å². The Labute approximate surface area is 90.3 Å². The smallest absolute Gasteiger partial charge is 0.249 e. The molecule has 1 heterocycles. The van der Waals surface area contributed by atoms with Crippen molar-refractivity contribution in [3.63, 3.8) is 0 Å². The van der Waals surface area contributed by atoms with Gasteiger partial charge in [-0.25, -0.2) is 5.48 Å². The summed E-state index contributed by atoms with van der Waals surface area (Å²) in [5, 5.41) is 0. The van der Waals surface area contributed by atoms with Crippen molar-refractivity contribution in [1.29, 1.82) is 0 Å². The molecule has 2 rings (SSSR count). The third-order valence-electron chi connectivity index (χ3n) is 3.20. The molecule has 1 N–H and O–H groups in total. The standard InChI is InChI=1S/C11H19NO3/c1-8-6-9(7-14-8)11(13)12-15-10-4-2-3-5-10/h8-10H,2-7H2,1H3,(H,12,13). The summed E-state index contributed by atoms with van der Waals surface area (Å²) < 4.78 is 5.34. The average molecular weight is 213 g/mol. The minimum absolute atomic E-state index is 0.0220. The first-order valence-electron chi connectivity index (χ1n) is 5.83. The predicted molar refractivity (Wildman–Crippen MR) is 55.0 cm³/mol. The fraction of sp³-hybridized carbons (Fsp3) is 0.909. The van der Waals surface area contributed by atoms with Gasteiger partial charge in [-0.05, 0) is 26.2 Å². The minimum atomic E-state index is -0.0265. The minimum Gasteiger partial charge on any atom is -0.378 e. The number of carbonyl (C=O) groups excluding carboxylic acids is 1. The third kappa shape index (κ3) is 2.92. The van der Waals surface area contributed by atoms with Crippen molar-refractivity contribution in [2.45, 2.75) is 51.2 Å². The maximum Gasteiger partial charge on any atom is 0.249 e. The van der Waals surface area contributed by atoms with Gasteiger partial charge in [0, 0.05) is 0 Å². The van der Waals surface area contributed by atoms with Crippen LogP contribution in [0.1, 0.15) is 39.0 Å². The summed E-state index contributed by atoms with van der Waals surface area (Å²) in [6.45, 7) is 2.52. The van der Waals surface area contributed by atoms with Gasteiger partial charge in [-0.15, -0.1) is 0 Å². The van der Waals surface area contributed by atoms with Gasteiger partial charge in [0.25, 0.3) is 0 Å². The number of rotatable bonds is 3. The van der Waals surface area contributed by atoms with E-state index in [0.717, 1.165) is 19.3 Å². The van der Waals surface area contributed by atoms with Crippen LogP contribution in [0, 0.1) is 5.92 Å². The zero-order valence-corrected chi connectivity index (χ0v) is 9.20. The van der Waals surface area contributed by atoms with Crippen molar-refractivity contribution in [1.82, 2.24) is 5.48 Å². The molecule has 1 aliphatic heterocycles. The molecule has 0 aromatic heterocycles. The number of carbonyl (C=O) groups is 1. The Balaban J connectivity index is 1.67. The first-order valence-corrected chi connectivity index (χ1v) is 5.83. The molecule has 2 aliphatic rings. The number of ether oxygens (including phenoxy) is 1. The molecule has 1 aliphatic carbocycles. The maximum absolute atomic E-state index is 11.6. The molecule has 0 radical (unpaired) electrons. The molecule has 2 unspecified atom stereocenters. The molecule has 2 atom stereocenters. The first kappa shape index (κ1) is 10.9. The van der Waals surface area contributed by atoms with Crippen molar-refractivity contribution in [2.75, 3.05) is 6.61 Å². The summed E-state index contributed by atoms with van der Waals surface area (Å²) in [4.78, 5) is 17.0. The molecule has 4 heteroatoms. The van der Waals surface area contributed by atoms with Crippen molar-refractivity contribution in [2.24, 2.45) is 5.92 Å². The SMILES string of the molecule is CC1CC(C(=O)NOC2CCCC2)CO1.